The summed E-state index contributed by atoms with van der Waals surface area (Å²) >= 11 is 0. The quantitative estimate of drug-likeness (QED) is 0.778. The molecule has 1 saturated heterocycles. The van der Waals surface area contributed by atoms with Crippen LogP contribution < -0.4 is 5.32 Å². The summed E-state index contributed by atoms with van der Waals surface area (Å²) in [5.74, 6) is -2.34. The lowest BCUT2D eigenvalue weighted by Crippen LogP contribution is -2.45. The van der Waals surface area contributed by atoms with Crippen LogP contribution in [0.5, 0.6) is 0 Å². The fraction of sp³-hybridized carbons (Fsp3) is 0.778. The summed E-state index contributed by atoms with van der Waals surface area (Å²) in [7, 11) is 0. The van der Waals surface area contributed by atoms with E-state index in [4.69, 9.17) is 0 Å². The number of likely N-dealkylation sites (tertiary alicyclic amines) is 1. The fourth-order valence-electron chi connectivity index (χ4n) is 3.47. The van der Waals surface area contributed by atoms with Crippen LogP contribution in [0.4, 0.5) is 0 Å². The van der Waals surface area contributed by atoms with Gasteiger partial charge in [-0.1, -0.05) is 32.1 Å². The third kappa shape index (κ3) is 5.33. The predicted molar refractivity (Wildman–Crippen MR) is 88.8 cm³/mol. The zero-order chi connectivity index (χ0) is 17.4. The lowest BCUT2D eigenvalue weighted by molar-refractivity contribution is -0.139. The molecule has 0 spiro atoms. The first-order chi connectivity index (χ1) is 11.6. The average molecular weight is 333 g/mol. The summed E-state index contributed by atoms with van der Waals surface area (Å²) in [6, 6.07) is 1.89. The molecular weight excluding hydrogens is 306 g/mol. The number of nitrogens with zero attached hydrogens (tertiary/aromatic N) is 2. The minimum Gasteiger partial charge on any atom is -0.352 e. The van der Waals surface area contributed by atoms with Gasteiger partial charge in [0.15, 0.2) is 11.7 Å². The topological polar surface area (TPSA) is 90.3 Å². The molecule has 1 atom stereocenters. The van der Waals surface area contributed by atoms with Gasteiger partial charge in [0.2, 0.25) is 11.8 Å². The van der Waals surface area contributed by atoms with Crippen molar-refractivity contribution in [3.05, 3.63) is 0 Å². The lowest BCUT2D eigenvalue weighted by atomic mass is 9.94. The van der Waals surface area contributed by atoms with Crippen LogP contribution in [-0.2, 0) is 14.4 Å². The third-order valence-electron chi connectivity index (χ3n) is 4.93. The molecule has 2 amide bonds. The molecule has 1 unspecified atom stereocenters. The molecule has 0 aromatic heterocycles. The van der Waals surface area contributed by atoms with Crippen LogP contribution >= 0.6 is 0 Å². The van der Waals surface area contributed by atoms with E-state index in [0.29, 0.717) is 13.0 Å². The second kappa shape index (κ2) is 9.41. The summed E-state index contributed by atoms with van der Waals surface area (Å²) < 4.78 is 0. The van der Waals surface area contributed by atoms with Crippen LogP contribution in [0.2, 0.25) is 0 Å². The maximum absolute atomic E-state index is 12.4. The summed E-state index contributed by atoms with van der Waals surface area (Å²) in [4.78, 5) is 38.3. The van der Waals surface area contributed by atoms with Gasteiger partial charge in [-0.05, 0) is 25.7 Å². The van der Waals surface area contributed by atoms with Gasteiger partial charge in [-0.15, -0.1) is 0 Å². The maximum atomic E-state index is 12.4. The summed E-state index contributed by atoms with van der Waals surface area (Å²) in [5.41, 5.74) is 0. The van der Waals surface area contributed by atoms with Crippen LogP contribution in [0.1, 0.15) is 64.2 Å². The molecule has 2 fully saturated rings. The summed E-state index contributed by atoms with van der Waals surface area (Å²) in [6.45, 7) is 0.405. The van der Waals surface area contributed by atoms with E-state index in [9.17, 15) is 19.6 Å². The number of ketones is 1. The van der Waals surface area contributed by atoms with Gasteiger partial charge in [-0.25, -0.2) is 0 Å². The molecule has 132 valence electrons. The van der Waals surface area contributed by atoms with Crippen molar-refractivity contribution in [3.63, 3.8) is 0 Å². The molecule has 0 radical (unpaired) electrons. The average Bonchev–Trinajstić information content (AvgIpc) is 2.56. The summed E-state index contributed by atoms with van der Waals surface area (Å²) in [6.07, 6.45) is 9.35. The Balaban J connectivity index is 1.90. The number of hydrogen-bond acceptors (Lipinski definition) is 4. The van der Waals surface area contributed by atoms with Crippen molar-refractivity contribution >= 4 is 17.6 Å². The van der Waals surface area contributed by atoms with Crippen LogP contribution in [0.25, 0.3) is 0 Å². The number of rotatable bonds is 5. The molecule has 1 aliphatic carbocycles. The Morgan fingerprint density at radius 2 is 1.79 bits per heavy atom. The fourth-order valence-corrected chi connectivity index (χ4v) is 3.47. The van der Waals surface area contributed by atoms with Gasteiger partial charge in [0.05, 0.1) is 12.6 Å². The highest BCUT2D eigenvalue weighted by Crippen LogP contribution is 2.18. The number of nitriles is 1. The molecule has 24 heavy (non-hydrogen) atoms. The second-order valence-corrected chi connectivity index (χ2v) is 6.85. The molecule has 6 nitrogen and oxygen atoms in total. The Labute approximate surface area is 143 Å². The summed E-state index contributed by atoms with van der Waals surface area (Å²) in [5, 5.41) is 12.1. The molecule has 1 N–H and O–H groups in total. The Bertz CT molecular complexity index is 506. The first kappa shape index (κ1) is 18.4. The molecule has 0 bridgehead atoms. The normalized spacial score (nSPS) is 21.3. The van der Waals surface area contributed by atoms with E-state index in [1.54, 1.807) is 0 Å². The third-order valence-corrected chi connectivity index (χ3v) is 4.93. The Morgan fingerprint density at radius 1 is 1.12 bits per heavy atom. The second-order valence-electron chi connectivity index (χ2n) is 6.85. The number of amides is 2. The maximum Gasteiger partial charge on any atom is 0.245 e. The lowest BCUT2D eigenvalue weighted by Gasteiger charge is -2.26. The van der Waals surface area contributed by atoms with Gasteiger partial charge in [0, 0.05) is 19.0 Å². The highest BCUT2D eigenvalue weighted by molar-refractivity contribution is 6.05. The zero-order valence-electron chi connectivity index (χ0n) is 14.3. The van der Waals surface area contributed by atoms with Gasteiger partial charge < -0.3 is 10.2 Å². The predicted octanol–water partition coefficient (Wildman–Crippen LogP) is 1.94. The van der Waals surface area contributed by atoms with Gasteiger partial charge in [0.25, 0.3) is 0 Å². The minimum atomic E-state index is -1.31. The largest absolute Gasteiger partial charge is 0.352 e. The number of nitrogens with one attached hydrogen (secondary N) is 1. The molecule has 0 aromatic carbocycles. The minimum absolute atomic E-state index is 0.0487. The van der Waals surface area contributed by atoms with Gasteiger partial charge in [-0.3, -0.25) is 14.4 Å². The molecular formula is C18H27N3O3. The monoisotopic (exact) mass is 333 g/mol. The van der Waals surface area contributed by atoms with Crippen molar-refractivity contribution in [1.82, 2.24) is 10.2 Å². The molecule has 1 saturated carbocycles. The van der Waals surface area contributed by atoms with Gasteiger partial charge in [-0.2, -0.15) is 5.26 Å². The van der Waals surface area contributed by atoms with Gasteiger partial charge in [0.1, 0.15) is 0 Å². The molecule has 1 heterocycles. The van der Waals surface area contributed by atoms with E-state index in [-0.39, 0.29) is 18.5 Å². The van der Waals surface area contributed by atoms with Crippen molar-refractivity contribution in [1.29, 1.82) is 5.26 Å². The van der Waals surface area contributed by atoms with Crippen LogP contribution in [0.15, 0.2) is 0 Å². The van der Waals surface area contributed by atoms with E-state index in [2.05, 4.69) is 5.32 Å². The number of carbonyl (C=O) groups excluding carboxylic acids is 3. The Kier molecular flexibility index (Phi) is 7.23. The van der Waals surface area contributed by atoms with Crippen molar-refractivity contribution < 1.29 is 14.4 Å². The number of hydrogen-bond donors (Lipinski definition) is 1. The molecule has 6 heteroatoms. The van der Waals surface area contributed by atoms with Crippen LogP contribution in [0.3, 0.4) is 0 Å². The smallest absolute Gasteiger partial charge is 0.245 e. The SMILES string of the molecule is N#CC(C(=O)CN1CCCCCCC1=O)C(=O)NC1CCCCC1. The molecule has 2 rings (SSSR count). The number of Topliss-reactive ketones (excluding diaryl/α,β-unsaturated/α-hetero) is 1. The highest BCUT2D eigenvalue weighted by atomic mass is 16.2. The van der Waals surface area contributed by atoms with Gasteiger partial charge >= 0.3 is 0 Å². The van der Waals surface area contributed by atoms with E-state index in [1.165, 1.54) is 11.3 Å². The first-order valence-corrected chi connectivity index (χ1v) is 9.12. The van der Waals surface area contributed by atoms with Crippen molar-refractivity contribution in [3.8, 4) is 6.07 Å². The van der Waals surface area contributed by atoms with Crippen LogP contribution in [-0.4, -0.2) is 41.6 Å². The number of carbonyl (C=O) groups is 3. The molecule has 2 aliphatic rings. The highest BCUT2D eigenvalue weighted by Gasteiger charge is 2.30. The van der Waals surface area contributed by atoms with Crippen molar-refractivity contribution in [2.45, 2.75) is 70.3 Å². The first-order valence-electron chi connectivity index (χ1n) is 9.12. The van der Waals surface area contributed by atoms with E-state index in [1.807, 2.05) is 6.07 Å². The van der Waals surface area contributed by atoms with E-state index >= 15 is 0 Å². The van der Waals surface area contributed by atoms with Crippen molar-refractivity contribution in [2.75, 3.05) is 13.1 Å². The standard InChI is InChI=1S/C18H27N3O3/c19-12-15(18(24)20-14-8-4-3-5-9-14)16(22)13-21-11-7-2-1-6-10-17(21)23/h14-15H,1-11,13H2,(H,20,24). The molecule has 0 aromatic rings. The Hall–Kier alpha value is -1.90. The zero-order valence-corrected chi connectivity index (χ0v) is 14.3. The van der Waals surface area contributed by atoms with Crippen molar-refractivity contribution in [2.24, 2.45) is 5.92 Å². The Morgan fingerprint density at radius 3 is 2.50 bits per heavy atom. The van der Waals surface area contributed by atoms with E-state index in [0.717, 1.165) is 51.4 Å². The van der Waals surface area contributed by atoms with E-state index < -0.39 is 17.6 Å². The molecule has 1 aliphatic heterocycles. The van der Waals surface area contributed by atoms with Crippen LogP contribution in [0, 0.1) is 17.2 Å².